The third-order valence-electron chi connectivity index (χ3n) is 4.22. The quantitative estimate of drug-likeness (QED) is 0.799. The van der Waals surface area contributed by atoms with Crippen LogP contribution in [0.4, 0.5) is 5.69 Å². The van der Waals surface area contributed by atoms with Crippen molar-refractivity contribution >= 4 is 23.4 Å². The number of tetrazole rings is 1. The Bertz CT molecular complexity index is 762. The van der Waals surface area contributed by atoms with Gasteiger partial charge in [-0.05, 0) is 41.5 Å². The molecule has 0 radical (unpaired) electrons. The van der Waals surface area contributed by atoms with E-state index in [1.165, 1.54) is 31.0 Å². The molecule has 0 unspecified atom stereocenters. The van der Waals surface area contributed by atoms with Gasteiger partial charge in [-0.1, -0.05) is 37.1 Å². The summed E-state index contributed by atoms with van der Waals surface area (Å²) in [6, 6.07) is 9.33. The van der Waals surface area contributed by atoms with Crippen molar-refractivity contribution in [2.45, 2.75) is 49.7 Å². The topological polar surface area (TPSA) is 96.5 Å². The number of thioether (sulfide) groups is 1. The minimum absolute atomic E-state index is 0.0840. The van der Waals surface area contributed by atoms with E-state index < -0.39 is 0 Å². The second-order valence-corrected chi connectivity index (χ2v) is 7.10. The van der Waals surface area contributed by atoms with E-state index in [4.69, 9.17) is 5.26 Å². The van der Waals surface area contributed by atoms with E-state index in [0.29, 0.717) is 29.5 Å². The molecule has 1 saturated carbocycles. The fraction of sp³-hybridized carbons (Fsp3) is 0.471. The number of anilines is 1. The fourth-order valence-corrected chi connectivity index (χ4v) is 3.84. The molecule has 0 aliphatic heterocycles. The summed E-state index contributed by atoms with van der Waals surface area (Å²) in [6.07, 6.45) is 6.33. The third-order valence-corrected chi connectivity index (χ3v) is 5.15. The van der Waals surface area contributed by atoms with E-state index in [0.717, 1.165) is 18.0 Å². The number of nitriles is 1. The average Bonchev–Trinajstić information content (AvgIpc) is 3.11. The molecule has 1 heterocycles. The lowest BCUT2D eigenvalue weighted by atomic mass is 9.96. The van der Waals surface area contributed by atoms with Gasteiger partial charge in [-0.2, -0.15) is 5.26 Å². The number of hydrogen-bond acceptors (Lipinski definition) is 6. The van der Waals surface area contributed by atoms with Gasteiger partial charge in [0.2, 0.25) is 11.1 Å². The van der Waals surface area contributed by atoms with Crippen molar-refractivity contribution in [3.63, 3.8) is 0 Å². The van der Waals surface area contributed by atoms with E-state index in [9.17, 15) is 4.79 Å². The van der Waals surface area contributed by atoms with Gasteiger partial charge in [0.1, 0.15) is 0 Å². The molecule has 2 aromatic rings. The zero-order chi connectivity index (χ0) is 17.5. The van der Waals surface area contributed by atoms with E-state index in [2.05, 4.69) is 26.9 Å². The van der Waals surface area contributed by atoms with Gasteiger partial charge in [0.15, 0.2) is 0 Å². The normalized spacial score (nSPS) is 14.8. The zero-order valence-corrected chi connectivity index (χ0v) is 14.7. The zero-order valence-electron chi connectivity index (χ0n) is 13.9. The summed E-state index contributed by atoms with van der Waals surface area (Å²) in [6.45, 7) is 0. The molecule has 0 bridgehead atoms. The fourth-order valence-electron chi connectivity index (χ4n) is 2.96. The maximum absolute atomic E-state index is 12.1. The number of carbonyl (C=O) groups excluding carboxylic acids is 1. The molecule has 0 atom stereocenters. The van der Waals surface area contributed by atoms with Crippen molar-refractivity contribution < 1.29 is 4.79 Å². The number of benzene rings is 1. The molecule has 1 aliphatic rings. The van der Waals surface area contributed by atoms with E-state index in [1.807, 2.05) is 4.68 Å². The van der Waals surface area contributed by atoms with Crippen LogP contribution < -0.4 is 5.32 Å². The highest BCUT2D eigenvalue weighted by Gasteiger charge is 2.20. The summed E-state index contributed by atoms with van der Waals surface area (Å²) in [4.78, 5) is 12.1. The first-order valence-corrected chi connectivity index (χ1v) is 9.45. The minimum atomic E-state index is -0.0840. The predicted octanol–water partition coefficient (Wildman–Crippen LogP) is 3.17. The van der Waals surface area contributed by atoms with Crippen LogP contribution in [0.2, 0.25) is 0 Å². The van der Waals surface area contributed by atoms with Gasteiger partial charge in [0.25, 0.3) is 0 Å². The monoisotopic (exact) mass is 356 g/mol. The molecule has 7 nitrogen and oxygen atoms in total. The van der Waals surface area contributed by atoms with Crippen molar-refractivity contribution in [2.75, 3.05) is 11.1 Å². The van der Waals surface area contributed by atoms with Crippen molar-refractivity contribution in [3.8, 4) is 6.07 Å². The summed E-state index contributed by atoms with van der Waals surface area (Å²) < 4.78 is 1.91. The maximum atomic E-state index is 12.1. The first kappa shape index (κ1) is 17.4. The molecule has 0 saturated heterocycles. The second-order valence-electron chi connectivity index (χ2n) is 6.04. The largest absolute Gasteiger partial charge is 0.326 e. The Morgan fingerprint density at radius 1 is 1.36 bits per heavy atom. The third kappa shape index (κ3) is 4.79. The molecule has 3 rings (SSSR count). The van der Waals surface area contributed by atoms with Crippen molar-refractivity contribution in [1.82, 2.24) is 20.2 Å². The molecule has 1 aromatic carbocycles. The lowest BCUT2D eigenvalue weighted by molar-refractivity contribution is -0.115. The highest BCUT2D eigenvalue weighted by atomic mass is 32.2. The Hall–Kier alpha value is -2.40. The molecule has 1 fully saturated rings. The minimum Gasteiger partial charge on any atom is -0.326 e. The lowest BCUT2D eigenvalue weighted by Gasteiger charge is -2.21. The van der Waals surface area contributed by atoms with Gasteiger partial charge in [0, 0.05) is 17.9 Å². The smallest absolute Gasteiger partial charge is 0.225 e. The summed E-state index contributed by atoms with van der Waals surface area (Å²) in [5.41, 5.74) is 1.17. The lowest BCUT2D eigenvalue weighted by Crippen LogP contribution is -2.16. The van der Waals surface area contributed by atoms with Gasteiger partial charge in [0.05, 0.1) is 17.7 Å². The Morgan fingerprint density at radius 3 is 3.00 bits per heavy atom. The number of nitrogens with one attached hydrogen (secondary N) is 1. The number of rotatable bonds is 6. The number of hydrogen-bond donors (Lipinski definition) is 1. The van der Waals surface area contributed by atoms with Gasteiger partial charge in [-0.3, -0.25) is 4.79 Å². The first-order chi connectivity index (χ1) is 12.3. The van der Waals surface area contributed by atoms with Gasteiger partial charge in [-0.25, -0.2) is 4.68 Å². The Morgan fingerprint density at radius 2 is 2.20 bits per heavy atom. The van der Waals surface area contributed by atoms with Crippen molar-refractivity contribution in [1.29, 1.82) is 5.26 Å². The molecule has 0 spiro atoms. The molecule has 1 amide bonds. The second kappa shape index (κ2) is 8.62. The SMILES string of the molecule is N#Cc1cccc(NC(=O)CCSc2nnnn2C2CCCCC2)c1. The Balaban J connectivity index is 1.49. The molecular weight excluding hydrogens is 336 g/mol. The van der Waals surface area contributed by atoms with Crippen LogP contribution in [0.5, 0.6) is 0 Å². The maximum Gasteiger partial charge on any atom is 0.225 e. The van der Waals surface area contributed by atoms with E-state index >= 15 is 0 Å². The Kier molecular flexibility index (Phi) is 6.01. The summed E-state index contributed by atoms with van der Waals surface area (Å²) in [7, 11) is 0. The van der Waals surface area contributed by atoms with Crippen LogP contribution >= 0.6 is 11.8 Å². The van der Waals surface area contributed by atoms with Crippen LogP contribution in [-0.4, -0.2) is 31.9 Å². The summed E-state index contributed by atoms with van der Waals surface area (Å²) in [5, 5.41) is 24.5. The van der Waals surface area contributed by atoms with Crippen LogP contribution in [0.3, 0.4) is 0 Å². The number of aromatic nitrogens is 4. The molecule has 1 aromatic heterocycles. The van der Waals surface area contributed by atoms with Crippen LogP contribution in [0, 0.1) is 11.3 Å². The average molecular weight is 356 g/mol. The number of carbonyl (C=O) groups is 1. The van der Waals surface area contributed by atoms with Crippen molar-refractivity contribution in [2.24, 2.45) is 0 Å². The molecule has 25 heavy (non-hydrogen) atoms. The molecule has 8 heteroatoms. The van der Waals surface area contributed by atoms with Crippen LogP contribution in [-0.2, 0) is 4.79 Å². The summed E-state index contributed by atoms with van der Waals surface area (Å²) >= 11 is 1.51. The summed E-state index contributed by atoms with van der Waals surface area (Å²) in [5.74, 6) is 0.524. The van der Waals surface area contributed by atoms with Crippen LogP contribution in [0.1, 0.15) is 50.1 Å². The van der Waals surface area contributed by atoms with Crippen molar-refractivity contribution in [3.05, 3.63) is 29.8 Å². The standard InChI is InChI=1S/C17H20N6OS/c18-12-13-5-4-6-14(11-13)19-16(24)9-10-25-17-20-21-22-23(17)15-7-2-1-3-8-15/h4-6,11,15H,1-3,7-10H2,(H,19,24). The van der Waals surface area contributed by atoms with E-state index in [-0.39, 0.29) is 5.91 Å². The molecule has 130 valence electrons. The van der Waals surface area contributed by atoms with Gasteiger partial charge >= 0.3 is 0 Å². The first-order valence-electron chi connectivity index (χ1n) is 8.47. The van der Waals surface area contributed by atoms with Crippen LogP contribution in [0.25, 0.3) is 0 Å². The highest BCUT2D eigenvalue weighted by molar-refractivity contribution is 7.99. The predicted molar refractivity (Wildman–Crippen MR) is 95.1 cm³/mol. The van der Waals surface area contributed by atoms with Crippen LogP contribution in [0.15, 0.2) is 29.4 Å². The van der Waals surface area contributed by atoms with Gasteiger partial charge < -0.3 is 5.32 Å². The number of nitrogens with zero attached hydrogens (tertiary/aromatic N) is 5. The van der Waals surface area contributed by atoms with Gasteiger partial charge in [-0.15, -0.1) is 5.10 Å². The Labute approximate surface area is 150 Å². The molecular formula is C17H20N6OS. The van der Waals surface area contributed by atoms with E-state index in [1.54, 1.807) is 24.3 Å². The molecule has 1 aliphatic carbocycles. The highest BCUT2D eigenvalue weighted by Crippen LogP contribution is 2.30. The number of amides is 1. The molecule has 1 N–H and O–H groups in total.